The third kappa shape index (κ3) is 5.02. The quantitative estimate of drug-likeness (QED) is 0.164. The van der Waals surface area contributed by atoms with Gasteiger partial charge in [-0.2, -0.15) is 0 Å². The van der Waals surface area contributed by atoms with Gasteiger partial charge in [-0.25, -0.2) is 4.79 Å². The summed E-state index contributed by atoms with van der Waals surface area (Å²) in [4.78, 5) is 24.8. The smallest absolute Gasteiger partial charge is 0.372 e. The van der Waals surface area contributed by atoms with Crippen molar-refractivity contribution >= 4 is 34.2 Å². The van der Waals surface area contributed by atoms with Gasteiger partial charge in [0.05, 0.1) is 13.0 Å². The molecular formula is C22H26ClNO10. The Morgan fingerprint density at radius 1 is 1.21 bits per heavy atom. The van der Waals surface area contributed by atoms with E-state index in [-0.39, 0.29) is 5.75 Å². The third-order valence-electron chi connectivity index (χ3n) is 5.62. The van der Waals surface area contributed by atoms with E-state index < -0.39 is 60.8 Å². The van der Waals surface area contributed by atoms with Crippen LogP contribution in [0.4, 0.5) is 0 Å². The number of halogens is 1. The summed E-state index contributed by atoms with van der Waals surface area (Å²) in [6.07, 6.45) is -6.49. The Labute approximate surface area is 199 Å². The maximum atomic E-state index is 13.1. The van der Waals surface area contributed by atoms with E-state index in [2.05, 4.69) is 5.32 Å². The standard InChI is InChI=1S/C22H26ClNO10/c1-11(26)24-19-18(17(28)15(27)9-25)34-22(31,10-21(19,30)32-2)20(29)33-16-8-7-14(23)12-5-3-4-6-13(12)16/h3-8,15,17-19,25,27-28,30-31H,9-10H2,1-2H3,(H,24,26)/t15-,17-,18+,19+,21-,22+/m1/s1. The Morgan fingerprint density at radius 2 is 1.85 bits per heavy atom. The molecule has 0 bridgehead atoms. The molecule has 1 amide bonds. The van der Waals surface area contributed by atoms with Gasteiger partial charge in [0, 0.05) is 29.8 Å². The number of carbonyl (C=O) groups excluding carboxylic acids is 2. The van der Waals surface area contributed by atoms with Gasteiger partial charge in [0.15, 0.2) is 5.79 Å². The Kier molecular flexibility index (Phi) is 7.80. The van der Waals surface area contributed by atoms with E-state index in [1.807, 2.05) is 0 Å². The summed E-state index contributed by atoms with van der Waals surface area (Å²) >= 11 is 6.18. The van der Waals surface area contributed by atoms with Crippen LogP contribution in [0.15, 0.2) is 36.4 Å². The van der Waals surface area contributed by atoms with Crippen LogP contribution in [0.1, 0.15) is 13.3 Å². The number of fused-ring (bicyclic) bond motifs is 1. The van der Waals surface area contributed by atoms with Crippen LogP contribution in [0.25, 0.3) is 10.8 Å². The lowest BCUT2D eigenvalue weighted by atomic mass is 9.85. The first kappa shape index (κ1) is 26.3. The van der Waals surface area contributed by atoms with E-state index in [1.165, 1.54) is 12.1 Å². The van der Waals surface area contributed by atoms with Crippen molar-refractivity contribution in [3.8, 4) is 5.75 Å². The summed E-state index contributed by atoms with van der Waals surface area (Å²) < 4.78 is 15.9. The van der Waals surface area contributed by atoms with E-state index in [0.717, 1.165) is 14.0 Å². The van der Waals surface area contributed by atoms with E-state index in [0.29, 0.717) is 15.8 Å². The van der Waals surface area contributed by atoms with E-state index in [4.69, 9.17) is 25.8 Å². The maximum absolute atomic E-state index is 13.1. The van der Waals surface area contributed by atoms with Crippen molar-refractivity contribution < 1.29 is 49.3 Å². The Hall–Kier alpha value is -2.35. The number of methoxy groups -OCH3 is 1. The highest BCUT2D eigenvalue weighted by atomic mass is 35.5. The molecule has 34 heavy (non-hydrogen) atoms. The summed E-state index contributed by atoms with van der Waals surface area (Å²) in [5, 5.41) is 55.6. The van der Waals surface area contributed by atoms with Crippen LogP contribution in [0.2, 0.25) is 5.02 Å². The summed E-state index contributed by atoms with van der Waals surface area (Å²) in [6, 6.07) is 8.10. The minimum absolute atomic E-state index is 0.0273. The van der Waals surface area contributed by atoms with Crippen molar-refractivity contribution in [3.63, 3.8) is 0 Å². The summed E-state index contributed by atoms with van der Waals surface area (Å²) in [6.45, 7) is 0.196. The highest BCUT2D eigenvalue weighted by Crippen LogP contribution is 2.39. The molecule has 0 aliphatic carbocycles. The molecule has 1 saturated heterocycles. The molecule has 1 aliphatic heterocycles. The highest BCUT2D eigenvalue weighted by molar-refractivity contribution is 6.35. The van der Waals surface area contributed by atoms with Gasteiger partial charge in [-0.05, 0) is 12.1 Å². The Bertz CT molecular complexity index is 1070. The van der Waals surface area contributed by atoms with Crippen molar-refractivity contribution in [2.45, 2.75) is 49.3 Å². The molecule has 0 saturated carbocycles. The predicted octanol–water partition coefficient (Wildman–Crippen LogP) is -0.570. The normalized spacial score (nSPS) is 28.8. The fraction of sp³-hybridized carbons (Fsp3) is 0.455. The van der Waals surface area contributed by atoms with Crippen LogP contribution in [0, 0.1) is 0 Å². The van der Waals surface area contributed by atoms with Gasteiger partial charge in [-0.1, -0.05) is 35.9 Å². The number of aliphatic hydroxyl groups excluding tert-OH is 3. The molecule has 0 spiro atoms. The van der Waals surface area contributed by atoms with Crippen LogP contribution in [0.5, 0.6) is 5.75 Å². The number of hydrogen-bond acceptors (Lipinski definition) is 10. The molecule has 2 aromatic carbocycles. The molecular weight excluding hydrogens is 474 g/mol. The molecule has 6 N–H and O–H groups in total. The van der Waals surface area contributed by atoms with Crippen molar-refractivity contribution in [2.75, 3.05) is 13.7 Å². The van der Waals surface area contributed by atoms with Crippen molar-refractivity contribution in [2.24, 2.45) is 0 Å². The van der Waals surface area contributed by atoms with Gasteiger partial charge < -0.3 is 45.1 Å². The lowest BCUT2D eigenvalue weighted by molar-refractivity contribution is -0.356. The minimum atomic E-state index is -2.89. The van der Waals surface area contributed by atoms with Crippen LogP contribution in [-0.4, -0.2) is 87.1 Å². The van der Waals surface area contributed by atoms with Crippen LogP contribution in [-0.2, 0) is 19.1 Å². The zero-order chi connectivity index (χ0) is 25.3. The van der Waals surface area contributed by atoms with Gasteiger partial charge in [0.1, 0.15) is 30.1 Å². The van der Waals surface area contributed by atoms with Crippen molar-refractivity contribution in [3.05, 3.63) is 41.4 Å². The zero-order valence-electron chi connectivity index (χ0n) is 18.3. The molecule has 1 aliphatic rings. The summed E-state index contributed by atoms with van der Waals surface area (Å²) in [5.41, 5.74) is 0. The number of carbonyl (C=O) groups is 2. The topological polar surface area (TPSA) is 175 Å². The van der Waals surface area contributed by atoms with Gasteiger partial charge in [-0.15, -0.1) is 0 Å². The molecule has 186 valence electrons. The Morgan fingerprint density at radius 3 is 2.44 bits per heavy atom. The predicted molar refractivity (Wildman–Crippen MR) is 118 cm³/mol. The second-order valence-corrected chi connectivity index (χ2v) is 8.40. The largest absolute Gasteiger partial charge is 0.422 e. The van der Waals surface area contributed by atoms with Crippen molar-refractivity contribution in [1.29, 1.82) is 0 Å². The molecule has 12 heteroatoms. The first-order valence-electron chi connectivity index (χ1n) is 10.3. The number of rotatable bonds is 7. The number of aliphatic hydroxyl groups is 5. The van der Waals surface area contributed by atoms with E-state index >= 15 is 0 Å². The molecule has 3 rings (SSSR count). The molecule has 0 unspecified atom stereocenters. The monoisotopic (exact) mass is 499 g/mol. The van der Waals surface area contributed by atoms with Crippen LogP contribution < -0.4 is 10.1 Å². The number of amides is 1. The van der Waals surface area contributed by atoms with E-state index in [9.17, 15) is 35.1 Å². The second-order valence-electron chi connectivity index (χ2n) is 7.99. The van der Waals surface area contributed by atoms with Gasteiger partial charge in [0.25, 0.3) is 5.79 Å². The fourth-order valence-electron chi connectivity index (χ4n) is 3.88. The highest BCUT2D eigenvalue weighted by Gasteiger charge is 2.61. The zero-order valence-corrected chi connectivity index (χ0v) is 19.1. The SMILES string of the molecule is CO[C@]1(O)C[C@@](O)(C(=O)Oc2ccc(Cl)c3ccccc23)O[C@@H]([C@H](O)[C@H](O)CO)[C@@H]1NC(C)=O. The third-order valence-corrected chi connectivity index (χ3v) is 5.95. The Balaban J connectivity index is 1.99. The van der Waals surface area contributed by atoms with Gasteiger partial charge >= 0.3 is 5.97 Å². The summed E-state index contributed by atoms with van der Waals surface area (Å²) in [5.74, 6) is -7.34. The van der Waals surface area contributed by atoms with Crippen LogP contribution in [0.3, 0.4) is 0 Å². The average molecular weight is 500 g/mol. The van der Waals surface area contributed by atoms with E-state index in [1.54, 1.807) is 24.3 Å². The maximum Gasteiger partial charge on any atom is 0.372 e. The molecule has 1 fully saturated rings. The number of nitrogens with one attached hydrogen (secondary N) is 1. The van der Waals surface area contributed by atoms with Gasteiger partial charge in [-0.3, -0.25) is 4.79 Å². The summed E-state index contributed by atoms with van der Waals surface area (Å²) in [7, 11) is 1.05. The molecule has 1 heterocycles. The molecule has 2 aromatic rings. The second kappa shape index (κ2) is 10.1. The number of benzene rings is 2. The first-order chi connectivity index (χ1) is 16.0. The minimum Gasteiger partial charge on any atom is -0.422 e. The molecule has 0 radical (unpaired) electrons. The average Bonchev–Trinajstić information content (AvgIpc) is 2.81. The fourth-order valence-corrected chi connectivity index (χ4v) is 4.10. The molecule has 11 nitrogen and oxygen atoms in total. The number of esters is 1. The van der Waals surface area contributed by atoms with Crippen LogP contribution >= 0.6 is 11.6 Å². The van der Waals surface area contributed by atoms with Crippen molar-refractivity contribution in [1.82, 2.24) is 5.32 Å². The molecule has 6 atom stereocenters. The number of hydrogen-bond donors (Lipinski definition) is 6. The lowest BCUT2D eigenvalue weighted by Crippen LogP contribution is -2.73. The van der Waals surface area contributed by atoms with Gasteiger partial charge in [0.2, 0.25) is 5.91 Å². The lowest BCUT2D eigenvalue weighted by Gasteiger charge is -2.50. The number of ether oxygens (including phenoxy) is 3. The first-order valence-corrected chi connectivity index (χ1v) is 10.6. The molecule has 0 aromatic heterocycles.